The van der Waals surface area contributed by atoms with E-state index in [1.54, 1.807) is 0 Å². The number of fused-ring (bicyclic) bond motifs is 1. The van der Waals surface area contributed by atoms with E-state index in [1.165, 1.54) is 22.5 Å². The summed E-state index contributed by atoms with van der Waals surface area (Å²) < 4.78 is 8.81. The van der Waals surface area contributed by atoms with E-state index in [4.69, 9.17) is 0 Å². The largest absolute Gasteiger partial charge is 0.367 e. The Morgan fingerprint density at radius 2 is 1.89 bits per heavy atom. The van der Waals surface area contributed by atoms with E-state index >= 15 is 0 Å². The molecule has 0 atom stereocenters. The fraction of sp³-hybridized carbons (Fsp3) is 0.200. The quantitative estimate of drug-likeness (QED) is 0.772. The van der Waals surface area contributed by atoms with Gasteiger partial charge in [0.25, 0.3) is 0 Å². The molecule has 0 bridgehead atoms. The predicted octanol–water partition coefficient (Wildman–Crippen LogP) is 4.18. The first-order valence-corrected chi connectivity index (χ1v) is 7.17. The Morgan fingerprint density at radius 1 is 1.05 bits per heavy atom. The summed E-state index contributed by atoms with van der Waals surface area (Å²) in [6, 6.07) is 14.7. The molecule has 0 aliphatic heterocycles. The molecule has 0 unspecified atom stereocenters. The summed E-state index contributed by atoms with van der Waals surface area (Å²) in [5.74, 6) is 0.892. The smallest absolute Gasteiger partial charge is 0.168 e. The van der Waals surface area contributed by atoms with Crippen LogP contribution < -0.4 is 5.32 Å². The Morgan fingerprint density at radius 3 is 2.79 bits per heavy atom. The van der Waals surface area contributed by atoms with Crippen LogP contribution in [0.1, 0.15) is 13.3 Å². The lowest BCUT2D eigenvalue weighted by Crippen LogP contribution is -2.01. The van der Waals surface area contributed by atoms with Gasteiger partial charge in [-0.15, -0.1) is 0 Å². The molecule has 0 aliphatic carbocycles. The summed E-state index contributed by atoms with van der Waals surface area (Å²) in [7, 11) is 0. The first-order chi connectivity index (χ1) is 9.40. The molecule has 0 radical (unpaired) electrons. The molecule has 0 aliphatic rings. The lowest BCUT2D eigenvalue weighted by Gasteiger charge is -2.06. The second-order valence-electron chi connectivity index (χ2n) is 4.41. The lowest BCUT2D eigenvalue weighted by molar-refractivity contribution is 0.974. The SMILES string of the molecule is CCCNc1nsnc1-c1cccc2ccccc12. The number of benzene rings is 2. The third kappa shape index (κ3) is 2.31. The van der Waals surface area contributed by atoms with Crippen LogP contribution >= 0.6 is 11.7 Å². The van der Waals surface area contributed by atoms with Crippen LogP contribution in [0.4, 0.5) is 5.82 Å². The second-order valence-corrected chi connectivity index (χ2v) is 4.94. The van der Waals surface area contributed by atoms with Gasteiger partial charge in [-0.1, -0.05) is 49.4 Å². The molecule has 2 aromatic carbocycles. The number of nitrogens with one attached hydrogen (secondary N) is 1. The Balaban J connectivity index is 2.12. The standard InChI is InChI=1S/C15H15N3S/c1-2-10-16-15-14(17-19-18-15)13-9-5-7-11-6-3-4-8-12(11)13/h3-9H,2,10H2,1H3,(H,16,18). The van der Waals surface area contributed by atoms with Gasteiger partial charge in [-0.05, 0) is 17.2 Å². The number of anilines is 1. The maximum Gasteiger partial charge on any atom is 0.168 e. The summed E-state index contributed by atoms with van der Waals surface area (Å²) in [6.45, 7) is 3.06. The molecule has 19 heavy (non-hydrogen) atoms. The van der Waals surface area contributed by atoms with Gasteiger partial charge in [-0.3, -0.25) is 0 Å². The van der Waals surface area contributed by atoms with Gasteiger partial charge in [0.2, 0.25) is 0 Å². The van der Waals surface area contributed by atoms with Gasteiger partial charge in [0, 0.05) is 12.1 Å². The Kier molecular flexibility index (Phi) is 3.42. The van der Waals surface area contributed by atoms with Crippen LogP contribution in [0, 0.1) is 0 Å². The molecule has 4 heteroatoms. The van der Waals surface area contributed by atoms with Crippen LogP contribution in [0.15, 0.2) is 42.5 Å². The number of hydrogen-bond acceptors (Lipinski definition) is 4. The summed E-state index contributed by atoms with van der Waals surface area (Å²) >= 11 is 1.26. The van der Waals surface area contributed by atoms with Crippen LogP contribution in [0.3, 0.4) is 0 Å². The molecular weight excluding hydrogens is 254 g/mol. The average Bonchev–Trinajstić information content (AvgIpc) is 2.92. The monoisotopic (exact) mass is 269 g/mol. The maximum absolute atomic E-state index is 4.46. The van der Waals surface area contributed by atoms with Crippen molar-refractivity contribution < 1.29 is 0 Å². The summed E-state index contributed by atoms with van der Waals surface area (Å²) in [6.07, 6.45) is 1.08. The third-order valence-electron chi connectivity index (χ3n) is 3.08. The van der Waals surface area contributed by atoms with Crippen LogP contribution in [-0.2, 0) is 0 Å². The van der Waals surface area contributed by atoms with Crippen LogP contribution in [0.2, 0.25) is 0 Å². The van der Waals surface area contributed by atoms with Crippen molar-refractivity contribution in [1.29, 1.82) is 0 Å². The van der Waals surface area contributed by atoms with E-state index in [1.807, 2.05) is 0 Å². The first kappa shape index (κ1) is 12.1. The lowest BCUT2D eigenvalue weighted by atomic mass is 10.0. The van der Waals surface area contributed by atoms with Gasteiger partial charge in [-0.25, -0.2) is 0 Å². The third-order valence-corrected chi connectivity index (χ3v) is 3.60. The number of rotatable bonds is 4. The number of aromatic nitrogens is 2. The van der Waals surface area contributed by atoms with E-state index in [2.05, 4.69) is 63.5 Å². The zero-order valence-corrected chi connectivity index (χ0v) is 11.6. The first-order valence-electron chi connectivity index (χ1n) is 6.44. The van der Waals surface area contributed by atoms with E-state index in [9.17, 15) is 0 Å². The highest BCUT2D eigenvalue weighted by molar-refractivity contribution is 6.99. The van der Waals surface area contributed by atoms with E-state index in [0.717, 1.165) is 30.0 Å². The minimum Gasteiger partial charge on any atom is -0.367 e. The van der Waals surface area contributed by atoms with Crippen molar-refractivity contribution in [3.05, 3.63) is 42.5 Å². The predicted molar refractivity (Wildman–Crippen MR) is 81.6 cm³/mol. The fourth-order valence-corrected chi connectivity index (χ4v) is 2.70. The molecule has 3 nitrogen and oxygen atoms in total. The highest BCUT2D eigenvalue weighted by Crippen LogP contribution is 2.32. The summed E-state index contributed by atoms with van der Waals surface area (Å²) in [5.41, 5.74) is 2.10. The highest BCUT2D eigenvalue weighted by Gasteiger charge is 2.12. The van der Waals surface area contributed by atoms with Gasteiger partial charge in [0.15, 0.2) is 5.82 Å². The molecule has 0 saturated heterocycles. The molecule has 1 heterocycles. The molecule has 1 N–H and O–H groups in total. The summed E-state index contributed by atoms with van der Waals surface area (Å²) in [4.78, 5) is 0. The molecule has 0 amide bonds. The van der Waals surface area contributed by atoms with Gasteiger partial charge in [0.05, 0.1) is 11.7 Å². The Hall–Kier alpha value is -1.94. The number of nitrogens with zero attached hydrogens (tertiary/aromatic N) is 2. The van der Waals surface area contributed by atoms with E-state index < -0.39 is 0 Å². The van der Waals surface area contributed by atoms with Gasteiger partial charge in [-0.2, -0.15) is 8.75 Å². The van der Waals surface area contributed by atoms with Crippen molar-refractivity contribution in [1.82, 2.24) is 8.75 Å². The van der Waals surface area contributed by atoms with Crippen molar-refractivity contribution in [2.75, 3.05) is 11.9 Å². The van der Waals surface area contributed by atoms with Crippen molar-refractivity contribution >= 4 is 28.3 Å². The highest BCUT2D eigenvalue weighted by atomic mass is 32.1. The molecule has 96 valence electrons. The van der Waals surface area contributed by atoms with Crippen LogP contribution in [0.25, 0.3) is 22.0 Å². The maximum atomic E-state index is 4.46. The van der Waals surface area contributed by atoms with Gasteiger partial charge in [0.1, 0.15) is 5.69 Å². The molecule has 0 saturated carbocycles. The van der Waals surface area contributed by atoms with Crippen molar-refractivity contribution in [2.24, 2.45) is 0 Å². The molecule has 3 aromatic rings. The topological polar surface area (TPSA) is 37.8 Å². The Bertz CT molecular complexity index is 685. The van der Waals surface area contributed by atoms with Gasteiger partial charge >= 0.3 is 0 Å². The average molecular weight is 269 g/mol. The van der Waals surface area contributed by atoms with E-state index in [0.29, 0.717) is 0 Å². The zero-order valence-electron chi connectivity index (χ0n) is 10.8. The molecule has 0 spiro atoms. The minimum atomic E-state index is 0.892. The molecule has 0 fully saturated rings. The molecule has 1 aromatic heterocycles. The normalized spacial score (nSPS) is 10.8. The van der Waals surface area contributed by atoms with Crippen LogP contribution in [0.5, 0.6) is 0 Å². The van der Waals surface area contributed by atoms with E-state index in [-0.39, 0.29) is 0 Å². The Labute approximate surface area is 116 Å². The van der Waals surface area contributed by atoms with Crippen LogP contribution in [-0.4, -0.2) is 15.3 Å². The zero-order chi connectivity index (χ0) is 13.1. The van der Waals surface area contributed by atoms with Gasteiger partial charge < -0.3 is 5.32 Å². The van der Waals surface area contributed by atoms with Crippen molar-refractivity contribution in [2.45, 2.75) is 13.3 Å². The minimum absolute atomic E-state index is 0.892. The molecular formula is C15H15N3S. The van der Waals surface area contributed by atoms with Crippen molar-refractivity contribution in [3.8, 4) is 11.3 Å². The number of hydrogen-bond donors (Lipinski definition) is 1. The van der Waals surface area contributed by atoms with Crippen molar-refractivity contribution in [3.63, 3.8) is 0 Å². The summed E-state index contributed by atoms with van der Waals surface area (Å²) in [5, 5.41) is 5.79. The molecule has 3 rings (SSSR count). The fourth-order valence-electron chi connectivity index (χ4n) is 2.16. The second kappa shape index (κ2) is 5.36.